The van der Waals surface area contributed by atoms with E-state index < -0.39 is 0 Å². The van der Waals surface area contributed by atoms with Gasteiger partial charge in [0.05, 0.1) is 6.61 Å². The van der Waals surface area contributed by atoms with E-state index in [1.807, 2.05) is 18.2 Å². The Hall–Kier alpha value is -1.59. The quantitative estimate of drug-likeness (QED) is 0.381. The van der Waals surface area contributed by atoms with Gasteiger partial charge < -0.3 is 10.5 Å². The van der Waals surface area contributed by atoms with Crippen LogP contribution in [0.15, 0.2) is 18.2 Å². The monoisotopic (exact) mass is 221 g/mol. The minimum atomic E-state index is -0.325. The molecule has 0 aliphatic carbocycles. The summed E-state index contributed by atoms with van der Waals surface area (Å²) in [6.45, 7) is 0.720. The second kappa shape index (κ2) is 4.51. The van der Waals surface area contributed by atoms with E-state index in [1.165, 1.54) is 0 Å². The number of ether oxygens (including phenoxy) is 1. The molecule has 0 fully saturated rings. The Morgan fingerprint density at radius 2 is 2.38 bits per heavy atom. The van der Waals surface area contributed by atoms with Gasteiger partial charge in [-0.3, -0.25) is 10.2 Å². The summed E-state index contributed by atoms with van der Waals surface area (Å²) in [5.41, 5.74) is 10.1. The Morgan fingerprint density at radius 3 is 3.12 bits per heavy atom. The van der Waals surface area contributed by atoms with Crippen molar-refractivity contribution in [2.24, 2.45) is 11.6 Å². The number of hydrogen-bond donors (Lipinski definition) is 3. The maximum atomic E-state index is 11.1. The molecule has 5 heteroatoms. The summed E-state index contributed by atoms with van der Waals surface area (Å²) in [4.78, 5) is 11.1. The predicted octanol–water partition coefficient (Wildman–Crippen LogP) is 0.00130. The SMILES string of the molecule is NNC(=O)CC(N)c1ccc2c(c1)CCO2. The maximum Gasteiger partial charge on any atom is 0.235 e. The molecule has 5 nitrogen and oxygen atoms in total. The van der Waals surface area contributed by atoms with Crippen LogP contribution in [-0.2, 0) is 11.2 Å². The first-order valence-corrected chi connectivity index (χ1v) is 5.21. The third-order valence-electron chi connectivity index (χ3n) is 2.71. The third kappa shape index (κ3) is 2.15. The Labute approximate surface area is 93.7 Å². The van der Waals surface area contributed by atoms with Crippen LogP contribution in [-0.4, -0.2) is 12.5 Å². The molecule has 1 aliphatic rings. The van der Waals surface area contributed by atoms with Crippen molar-refractivity contribution in [3.63, 3.8) is 0 Å². The van der Waals surface area contributed by atoms with Crippen LogP contribution in [0.1, 0.15) is 23.6 Å². The molecule has 0 radical (unpaired) electrons. The Morgan fingerprint density at radius 1 is 1.56 bits per heavy atom. The van der Waals surface area contributed by atoms with Gasteiger partial charge in [-0.1, -0.05) is 12.1 Å². The minimum Gasteiger partial charge on any atom is -0.493 e. The van der Waals surface area contributed by atoms with E-state index in [0.717, 1.165) is 29.9 Å². The van der Waals surface area contributed by atoms with Crippen molar-refractivity contribution >= 4 is 5.91 Å². The number of benzene rings is 1. The van der Waals surface area contributed by atoms with Crippen LogP contribution in [0, 0.1) is 0 Å². The van der Waals surface area contributed by atoms with Crippen molar-refractivity contribution in [3.05, 3.63) is 29.3 Å². The number of nitrogens with two attached hydrogens (primary N) is 2. The van der Waals surface area contributed by atoms with Gasteiger partial charge >= 0.3 is 0 Å². The van der Waals surface area contributed by atoms with Crippen molar-refractivity contribution in [3.8, 4) is 5.75 Å². The smallest absolute Gasteiger partial charge is 0.235 e. The maximum absolute atomic E-state index is 11.1. The fourth-order valence-corrected chi connectivity index (χ4v) is 1.81. The van der Waals surface area contributed by atoms with Crippen LogP contribution in [0.25, 0.3) is 0 Å². The molecule has 0 spiro atoms. The van der Waals surface area contributed by atoms with Gasteiger partial charge in [0.1, 0.15) is 5.75 Å². The molecule has 0 aromatic heterocycles. The van der Waals surface area contributed by atoms with Crippen LogP contribution < -0.4 is 21.7 Å². The van der Waals surface area contributed by atoms with Crippen LogP contribution in [0.3, 0.4) is 0 Å². The Kier molecular flexibility index (Phi) is 3.07. The zero-order valence-electron chi connectivity index (χ0n) is 8.90. The summed E-state index contributed by atoms with van der Waals surface area (Å²) in [5, 5.41) is 0. The Balaban J connectivity index is 2.12. The zero-order chi connectivity index (χ0) is 11.5. The van der Waals surface area contributed by atoms with Gasteiger partial charge in [-0.05, 0) is 17.2 Å². The number of rotatable bonds is 3. The lowest BCUT2D eigenvalue weighted by Gasteiger charge is -2.11. The summed E-state index contributed by atoms with van der Waals surface area (Å²) >= 11 is 0. The van der Waals surface area contributed by atoms with E-state index >= 15 is 0 Å². The highest BCUT2D eigenvalue weighted by Crippen LogP contribution is 2.28. The first-order chi connectivity index (χ1) is 7.70. The molecular weight excluding hydrogens is 206 g/mol. The number of hydrazine groups is 1. The van der Waals surface area contributed by atoms with Crippen molar-refractivity contribution in [1.29, 1.82) is 0 Å². The summed E-state index contributed by atoms with van der Waals surface area (Å²) in [6, 6.07) is 5.46. The number of amides is 1. The zero-order valence-corrected chi connectivity index (χ0v) is 8.90. The number of hydrogen-bond acceptors (Lipinski definition) is 4. The summed E-state index contributed by atoms with van der Waals surface area (Å²) in [7, 11) is 0. The molecule has 2 rings (SSSR count). The molecule has 0 saturated heterocycles. The molecular formula is C11H15N3O2. The van der Waals surface area contributed by atoms with Crippen molar-refractivity contribution in [2.45, 2.75) is 18.9 Å². The van der Waals surface area contributed by atoms with Gasteiger partial charge in [0.25, 0.3) is 0 Å². The molecule has 0 saturated carbocycles. The molecule has 1 heterocycles. The molecule has 86 valence electrons. The lowest BCUT2D eigenvalue weighted by atomic mass is 10.0. The van der Waals surface area contributed by atoms with Gasteiger partial charge in [-0.25, -0.2) is 5.84 Å². The first kappa shape index (κ1) is 10.9. The second-order valence-corrected chi connectivity index (χ2v) is 3.84. The van der Waals surface area contributed by atoms with Crippen LogP contribution in [0.4, 0.5) is 0 Å². The number of fused-ring (bicyclic) bond motifs is 1. The molecule has 1 unspecified atom stereocenters. The van der Waals surface area contributed by atoms with E-state index in [4.69, 9.17) is 16.3 Å². The topological polar surface area (TPSA) is 90.4 Å². The van der Waals surface area contributed by atoms with E-state index in [9.17, 15) is 4.79 Å². The highest BCUT2D eigenvalue weighted by Gasteiger charge is 2.16. The normalized spacial score (nSPS) is 15.1. The van der Waals surface area contributed by atoms with Gasteiger partial charge in [-0.2, -0.15) is 0 Å². The molecule has 16 heavy (non-hydrogen) atoms. The molecule has 1 aromatic rings. The number of carbonyl (C=O) groups excluding carboxylic acids is 1. The lowest BCUT2D eigenvalue weighted by molar-refractivity contribution is -0.121. The number of carbonyl (C=O) groups is 1. The van der Waals surface area contributed by atoms with Crippen molar-refractivity contribution in [2.75, 3.05) is 6.61 Å². The average Bonchev–Trinajstić information content (AvgIpc) is 2.75. The molecule has 1 atom stereocenters. The molecule has 0 bridgehead atoms. The van der Waals surface area contributed by atoms with Crippen LogP contribution in [0.5, 0.6) is 5.75 Å². The lowest BCUT2D eigenvalue weighted by Crippen LogP contribution is -2.32. The molecule has 5 N–H and O–H groups in total. The number of nitrogens with one attached hydrogen (secondary N) is 1. The fourth-order valence-electron chi connectivity index (χ4n) is 1.81. The predicted molar refractivity (Wildman–Crippen MR) is 59.5 cm³/mol. The Bertz CT molecular complexity index is 406. The van der Waals surface area contributed by atoms with Gasteiger partial charge in [0, 0.05) is 18.9 Å². The van der Waals surface area contributed by atoms with Crippen molar-refractivity contribution in [1.82, 2.24) is 5.43 Å². The molecule has 1 aromatic carbocycles. The van der Waals surface area contributed by atoms with Crippen LogP contribution in [0.2, 0.25) is 0 Å². The molecule has 1 aliphatic heterocycles. The summed E-state index contributed by atoms with van der Waals surface area (Å²) < 4.78 is 5.40. The van der Waals surface area contributed by atoms with Crippen molar-refractivity contribution < 1.29 is 9.53 Å². The summed E-state index contributed by atoms with van der Waals surface area (Å²) in [6.07, 6.45) is 1.09. The highest BCUT2D eigenvalue weighted by molar-refractivity contribution is 5.76. The third-order valence-corrected chi connectivity index (χ3v) is 2.71. The molecule has 1 amide bonds. The first-order valence-electron chi connectivity index (χ1n) is 5.21. The average molecular weight is 221 g/mol. The van der Waals surface area contributed by atoms with E-state index in [2.05, 4.69) is 5.43 Å². The summed E-state index contributed by atoms with van der Waals surface area (Å²) in [5.74, 6) is 5.67. The van der Waals surface area contributed by atoms with Crippen LogP contribution >= 0.6 is 0 Å². The van der Waals surface area contributed by atoms with E-state index in [0.29, 0.717) is 0 Å². The minimum absolute atomic E-state index is 0.191. The highest BCUT2D eigenvalue weighted by atomic mass is 16.5. The second-order valence-electron chi connectivity index (χ2n) is 3.84. The van der Waals surface area contributed by atoms with E-state index in [1.54, 1.807) is 0 Å². The largest absolute Gasteiger partial charge is 0.493 e. The van der Waals surface area contributed by atoms with E-state index in [-0.39, 0.29) is 18.4 Å². The van der Waals surface area contributed by atoms with Gasteiger partial charge in [0.2, 0.25) is 5.91 Å². The van der Waals surface area contributed by atoms with Gasteiger partial charge in [-0.15, -0.1) is 0 Å². The standard InChI is InChI=1S/C11H15N3O2/c12-9(6-11(15)14-13)7-1-2-10-8(5-7)3-4-16-10/h1-2,5,9H,3-4,6,12-13H2,(H,14,15). The fraction of sp³-hybridized carbons (Fsp3) is 0.364. The van der Waals surface area contributed by atoms with Gasteiger partial charge in [0.15, 0.2) is 0 Å².